The maximum Gasteiger partial charge on any atom is 0.418 e. The van der Waals surface area contributed by atoms with Gasteiger partial charge in [-0.15, -0.1) is 0 Å². The maximum atomic E-state index is 13.2. The average Bonchev–Trinajstić information content (AvgIpc) is 3.34. The number of nitrogens with one attached hydrogen (secondary N) is 1. The van der Waals surface area contributed by atoms with Gasteiger partial charge in [-0.05, 0) is 49.1 Å². The number of halogens is 3. The van der Waals surface area contributed by atoms with E-state index >= 15 is 0 Å². The van der Waals surface area contributed by atoms with Crippen LogP contribution in [0.3, 0.4) is 0 Å². The molecule has 2 aliphatic rings. The zero-order valence-corrected chi connectivity index (χ0v) is 21.5. The van der Waals surface area contributed by atoms with Gasteiger partial charge in [-0.2, -0.15) is 13.2 Å². The lowest BCUT2D eigenvalue weighted by molar-refractivity contribution is -0.139. The molecule has 0 radical (unpaired) electrons. The van der Waals surface area contributed by atoms with Crippen molar-refractivity contribution in [3.63, 3.8) is 0 Å². The summed E-state index contributed by atoms with van der Waals surface area (Å²) in [5.41, 5.74) is 0.267. The molecule has 38 heavy (non-hydrogen) atoms. The van der Waals surface area contributed by atoms with Gasteiger partial charge in [0.15, 0.2) is 23.3 Å². The summed E-state index contributed by atoms with van der Waals surface area (Å²) in [6.45, 7) is 3.11. The molecular formula is C26H24F3N3O5S. The first-order valence-corrected chi connectivity index (χ1v) is 12.4. The standard InChI is InChI=1S/C26H24F3N3O5S/c1-4-36-24(34)22-15(2)30-25-32(11-12-38-25)23(22)16-9-10-19(20(13-16)35-3)37-14-21(33)31-18-8-6-5-7-17(18)26(27,28)29/h5-13,23H,4,14H2,1-3H3,(H,31,33)/t23-/m0/s1. The monoisotopic (exact) mass is 547 g/mol. The summed E-state index contributed by atoms with van der Waals surface area (Å²) in [6, 6.07) is 9.09. The molecule has 2 aromatic rings. The van der Waals surface area contributed by atoms with E-state index in [0.29, 0.717) is 22.0 Å². The highest BCUT2D eigenvalue weighted by Gasteiger charge is 2.38. The van der Waals surface area contributed by atoms with E-state index in [4.69, 9.17) is 14.2 Å². The zero-order chi connectivity index (χ0) is 27.4. The fourth-order valence-corrected chi connectivity index (χ4v) is 4.83. The Morgan fingerprint density at radius 1 is 1.16 bits per heavy atom. The van der Waals surface area contributed by atoms with E-state index in [-0.39, 0.29) is 23.8 Å². The number of carbonyl (C=O) groups is 2. The Balaban J connectivity index is 1.55. The largest absolute Gasteiger partial charge is 0.493 e. The minimum Gasteiger partial charge on any atom is -0.493 e. The van der Waals surface area contributed by atoms with Crippen LogP contribution in [0.2, 0.25) is 0 Å². The number of fused-ring (bicyclic) bond motifs is 1. The van der Waals surface area contributed by atoms with Gasteiger partial charge in [-0.3, -0.25) is 4.79 Å². The van der Waals surface area contributed by atoms with Gasteiger partial charge in [0.2, 0.25) is 0 Å². The van der Waals surface area contributed by atoms with Gasteiger partial charge in [0.1, 0.15) is 0 Å². The van der Waals surface area contributed by atoms with Crippen molar-refractivity contribution in [2.45, 2.75) is 26.1 Å². The molecule has 0 bridgehead atoms. The molecule has 8 nitrogen and oxygen atoms in total. The molecule has 0 aliphatic carbocycles. The van der Waals surface area contributed by atoms with E-state index in [9.17, 15) is 22.8 Å². The molecule has 0 aromatic heterocycles. The fourth-order valence-electron chi connectivity index (χ4n) is 4.04. The lowest BCUT2D eigenvalue weighted by Gasteiger charge is -2.33. The topological polar surface area (TPSA) is 89.5 Å². The number of rotatable bonds is 8. The summed E-state index contributed by atoms with van der Waals surface area (Å²) in [5.74, 6) is -0.793. The Labute approximate surface area is 221 Å². The molecule has 0 spiro atoms. The number of benzene rings is 2. The van der Waals surface area contributed by atoms with Crippen LogP contribution in [0.1, 0.15) is 31.0 Å². The van der Waals surface area contributed by atoms with Crippen LogP contribution in [0.15, 0.2) is 70.3 Å². The van der Waals surface area contributed by atoms with Gasteiger partial charge in [-0.1, -0.05) is 30.0 Å². The second-order valence-corrected chi connectivity index (χ2v) is 8.99. The minimum atomic E-state index is -4.62. The molecule has 0 unspecified atom stereocenters. The smallest absolute Gasteiger partial charge is 0.418 e. The van der Waals surface area contributed by atoms with Gasteiger partial charge in [0.05, 0.1) is 42.3 Å². The average molecular weight is 548 g/mol. The van der Waals surface area contributed by atoms with E-state index in [0.717, 1.165) is 6.07 Å². The molecule has 200 valence electrons. The quantitative estimate of drug-likeness (QED) is 0.437. The van der Waals surface area contributed by atoms with Crippen LogP contribution in [0.25, 0.3) is 0 Å². The molecule has 12 heteroatoms. The zero-order valence-electron chi connectivity index (χ0n) is 20.7. The number of carbonyl (C=O) groups excluding carboxylic acids is 2. The Morgan fingerprint density at radius 3 is 2.63 bits per heavy atom. The normalized spacial score (nSPS) is 16.6. The van der Waals surface area contributed by atoms with E-state index in [1.54, 1.807) is 32.0 Å². The molecule has 1 atom stereocenters. The summed E-state index contributed by atoms with van der Waals surface area (Å²) in [4.78, 5) is 31.6. The second-order valence-electron chi connectivity index (χ2n) is 8.12. The third kappa shape index (κ3) is 5.64. The summed E-state index contributed by atoms with van der Waals surface area (Å²) in [5, 5.41) is 4.80. The number of allylic oxidation sites excluding steroid dienone is 1. The molecule has 1 N–H and O–H groups in total. The first kappa shape index (κ1) is 27.1. The first-order chi connectivity index (χ1) is 18.1. The van der Waals surface area contributed by atoms with Crippen molar-refractivity contribution >= 4 is 34.5 Å². The molecule has 2 aliphatic heterocycles. The fraction of sp³-hybridized carbons (Fsp3) is 0.269. The maximum absolute atomic E-state index is 13.2. The number of anilines is 1. The van der Waals surface area contributed by atoms with Crippen molar-refractivity contribution < 1.29 is 37.0 Å². The number of alkyl halides is 3. The number of methoxy groups -OCH3 is 1. The molecule has 2 aromatic carbocycles. The highest BCUT2D eigenvalue weighted by atomic mass is 32.2. The lowest BCUT2D eigenvalue weighted by atomic mass is 9.94. The van der Waals surface area contributed by atoms with Crippen LogP contribution < -0.4 is 14.8 Å². The number of hydrogen-bond donors (Lipinski definition) is 1. The number of thioether (sulfide) groups is 1. The number of esters is 1. The van der Waals surface area contributed by atoms with Crippen LogP contribution in [-0.2, 0) is 20.5 Å². The van der Waals surface area contributed by atoms with Crippen molar-refractivity contribution in [2.24, 2.45) is 4.99 Å². The van der Waals surface area contributed by atoms with Crippen LogP contribution in [-0.4, -0.2) is 42.3 Å². The van der Waals surface area contributed by atoms with Crippen molar-refractivity contribution in [3.05, 3.63) is 76.5 Å². The number of nitrogens with zero attached hydrogens (tertiary/aromatic N) is 2. The second kappa shape index (κ2) is 11.2. The molecule has 1 amide bonds. The van der Waals surface area contributed by atoms with Gasteiger partial charge in [-0.25, -0.2) is 9.79 Å². The lowest BCUT2D eigenvalue weighted by Crippen LogP contribution is -2.34. The van der Waals surface area contributed by atoms with E-state index in [1.807, 2.05) is 16.5 Å². The Kier molecular flexibility index (Phi) is 8.00. The third-order valence-corrected chi connectivity index (χ3v) is 6.46. The van der Waals surface area contributed by atoms with Crippen molar-refractivity contribution in [2.75, 3.05) is 25.6 Å². The van der Waals surface area contributed by atoms with Gasteiger partial charge in [0, 0.05) is 6.20 Å². The van der Waals surface area contributed by atoms with E-state index < -0.39 is 36.3 Å². The Hall–Kier alpha value is -3.93. The number of amidine groups is 1. The number of hydrogen-bond acceptors (Lipinski definition) is 8. The number of aliphatic imine (C=N–C) groups is 1. The summed E-state index contributed by atoms with van der Waals surface area (Å²) >= 11 is 1.42. The highest BCUT2D eigenvalue weighted by Crippen LogP contribution is 2.43. The first-order valence-electron chi connectivity index (χ1n) is 11.5. The number of para-hydroxylation sites is 1. The minimum absolute atomic E-state index is 0.199. The predicted octanol–water partition coefficient (Wildman–Crippen LogP) is 5.50. The molecular weight excluding hydrogens is 523 g/mol. The Bertz CT molecular complexity index is 1340. The van der Waals surface area contributed by atoms with Crippen LogP contribution >= 0.6 is 11.8 Å². The van der Waals surface area contributed by atoms with Gasteiger partial charge >= 0.3 is 12.1 Å². The van der Waals surface area contributed by atoms with Crippen LogP contribution in [0.4, 0.5) is 18.9 Å². The van der Waals surface area contributed by atoms with Crippen molar-refractivity contribution in [1.82, 2.24) is 4.90 Å². The van der Waals surface area contributed by atoms with Crippen LogP contribution in [0.5, 0.6) is 11.5 Å². The SMILES string of the molecule is CCOC(=O)C1=C(C)N=C2SC=CN2[C@H]1c1ccc(OCC(=O)Nc2ccccc2C(F)(F)F)c(OC)c1. The number of ether oxygens (including phenoxy) is 3. The summed E-state index contributed by atoms with van der Waals surface area (Å²) in [7, 11) is 1.42. The van der Waals surface area contributed by atoms with E-state index in [2.05, 4.69) is 10.3 Å². The molecule has 0 saturated carbocycles. The van der Waals surface area contributed by atoms with Crippen molar-refractivity contribution in [1.29, 1.82) is 0 Å². The molecule has 2 heterocycles. The summed E-state index contributed by atoms with van der Waals surface area (Å²) < 4.78 is 56.0. The Morgan fingerprint density at radius 2 is 1.92 bits per heavy atom. The molecule has 4 rings (SSSR count). The number of amides is 1. The molecule has 0 fully saturated rings. The van der Waals surface area contributed by atoms with Gasteiger partial charge < -0.3 is 24.4 Å². The predicted molar refractivity (Wildman–Crippen MR) is 137 cm³/mol. The summed E-state index contributed by atoms with van der Waals surface area (Å²) in [6.07, 6.45) is -2.80. The van der Waals surface area contributed by atoms with E-state index in [1.165, 1.54) is 37.1 Å². The van der Waals surface area contributed by atoms with Gasteiger partial charge in [0.25, 0.3) is 5.91 Å². The third-order valence-electron chi connectivity index (χ3n) is 5.68. The van der Waals surface area contributed by atoms with Crippen molar-refractivity contribution in [3.8, 4) is 11.5 Å². The van der Waals surface area contributed by atoms with Crippen LogP contribution in [0, 0.1) is 0 Å². The molecule has 0 saturated heterocycles. The highest BCUT2D eigenvalue weighted by molar-refractivity contribution is 8.16.